The van der Waals surface area contributed by atoms with Gasteiger partial charge in [0.2, 0.25) is 5.91 Å². The minimum atomic E-state index is -0.700. The van der Waals surface area contributed by atoms with Crippen molar-refractivity contribution in [2.45, 2.75) is 38.5 Å². The first kappa shape index (κ1) is 11.2. The highest BCUT2D eigenvalue weighted by Crippen LogP contribution is 2.46. The normalized spacial score (nSPS) is 23.6. The molecule has 2 rings (SSSR count). The van der Waals surface area contributed by atoms with Crippen molar-refractivity contribution < 1.29 is 10.0 Å². The molecule has 5 nitrogen and oxygen atoms in total. The fourth-order valence-corrected chi connectivity index (χ4v) is 2.16. The molecule has 0 saturated heterocycles. The Morgan fingerprint density at radius 1 is 1.50 bits per heavy atom. The van der Waals surface area contributed by atoms with Gasteiger partial charge in [-0.3, -0.25) is 4.79 Å². The Morgan fingerprint density at radius 2 is 2.19 bits per heavy atom. The minimum absolute atomic E-state index is 0.0497. The van der Waals surface area contributed by atoms with Crippen LogP contribution in [-0.4, -0.2) is 23.5 Å². The van der Waals surface area contributed by atoms with E-state index in [1.165, 1.54) is 19.3 Å². The number of nitrogens with zero attached hydrogens (tertiary/aromatic N) is 1. The summed E-state index contributed by atoms with van der Waals surface area (Å²) < 4.78 is 0. The fraction of sp³-hybridized carbons (Fsp3) is 0.818. The van der Waals surface area contributed by atoms with Crippen molar-refractivity contribution in [1.82, 2.24) is 5.32 Å². The molecule has 2 fully saturated rings. The molecule has 0 bridgehead atoms. The average Bonchev–Trinajstić information content (AvgIpc) is 3.01. The van der Waals surface area contributed by atoms with Gasteiger partial charge in [0.05, 0.1) is 0 Å². The molecule has 0 unspecified atom stereocenters. The van der Waals surface area contributed by atoms with Crippen LogP contribution in [0, 0.1) is 11.3 Å². The number of oxime groups is 1. The van der Waals surface area contributed by atoms with Crippen LogP contribution in [0.1, 0.15) is 38.5 Å². The highest BCUT2D eigenvalue weighted by atomic mass is 16.4. The molecule has 0 radical (unpaired) electrons. The zero-order valence-electron chi connectivity index (χ0n) is 9.41. The van der Waals surface area contributed by atoms with Gasteiger partial charge >= 0.3 is 0 Å². The van der Waals surface area contributed by atoms with E-state index in [1.54, 1.807) is 0 Å². The summed E-state index contributed by atoms with van der Waals surface area (Å²) in [5, 5.41) is 14.4. The maximum atomic E-state index is 11.8. The summed E-state index contributed by atoms with van der Waals surface area (Å²) >= 11 is 0. The molecule has 0 aromatic carbocycles. The van der Waals surface area contributed by atoms with E-state index in [4.69, 9.17) is 10.9 Å². The van der Waals surface area contributed by atoms with Gasteiger partial charge in [-0.05, 0) is 25.2 Å². The van der Waals surface area contributed by atoms with E-state index < -0.39 is 5.41 Å². The van der Waals surface area contributed by atoms with Crippen LogP contribution in [0.5, 0.6) is 0 Å². The summed E-state index contributed by atoms with van der Waals surface area (Å²) in [6, 6.07) is 0. The molecule has 16 heavy (non-hydrogen) atoms. The molecule has 90 valence electrons. The molecule has 2 aliphatic rings. The maximum Gasteiger partial charge on any atom is 0.233 e. The van der Waals surface area contributed by atoms with Gasteiger partial charge < -0.3 is 16.3 Å². The lowest BCUT2D eigenvalue weighted by Crippen LogP contribution is -2.41. The van der Waals surface area contributed by atoms with E-state index in [2.05, 4.69) is 10.5 Å². The molecule has 0 aliphatic heterocycles. The van der Waals surface area contributed by atoms with Crippen LogP contribution in [0.4, 0.5) is 0 Å². The lowest BCUT2D eigenvalue weighted by molar-refractivity contribution is -0.124. The SMILES string of the molecule is NC(=NO)C1(C(=O)NCCC2CCC2)CC1. The second-order valence-electron chi connectivity index (χ2n) is 4.91. The summed E-state index contributed by atoms with van der Waals surface area (Å²) in [5.74, 6) is 0.759. The van der Waals surface area contributed by atoms with Crippen LogP contribution in [0.2, 0.25) is 0 Å². The molecule has 1 amide bonds. The number of nitrogens with two attached hydrogens (primary N) is 1. The molecule has 4 N–H and O–H groups in total. The van der Waals surface area contributed by atoms with E-state index in [9.17, 15) is 4.79 Å². The number of carbonyl (C=O) groups excluding carboxylic acids is 1. The molecule has 0 heterocycles. The standard InChI is InChI=1S/C11H19N3O2/c12-9(14-16)11(5-6-11)10(15)13-7-4-8-2-1-3-8/h8,16H,1-7H2,(H2,12,14)(H,13,15). The number of nitrogens with one attached hydrogen (secondary N) is 1. The number of hydrogen-bond donors (Lipinski definition) is 3. The monoisotopic (exact) mass is 225 g/mol. The summed E-state index contributed by atoms with van der Waals surface area (Å²) in [5.41, 5.74) is 4.82. The first-order valence-corrected chi connectivity index (χ1v) is 5.95. The van der Waals surface area contributed by atoms with Crippen LogP contribution >= 0.6 is 0 Å². The van der Waals surface area contributed by atoms with Crippen LogP contribution in [-0.2, 0) is 4.79 Å². The molecular weight excluding hydrogens is 206 g/mol. The third-order valence-electron chi connectivity index (χ3n) is 3.85. The van der Waals surface area contributed by atoms with Gasteiger partial charge in [0.1, 0.15) is 5.41 Å². The zero-order chi connectivity index (χ0) is 11.6. The third-order valence-corrected chi connectivity index (χ3v) is 3.85. The Labute approximate surface area is 95.1 Å². The quantitative estimate of drug-likeness (QED) is 0.280. The topological polar surface area (TPSA) is 87.7 Å². The van der Waals surface area contributed by atoms with Gasteiger partial charge in [0.15, 0.2) is 5.84 Å². The van der Waals surface area contributed by atoms with Crippen molar-refractivity contribution in [1.29, 1.82) is 0 Å². The number of hydrogen-bond acceptors (Lipinski definition) is 3. The predicted molar refractivity (Wildman–Crippen MR) is 60.0 cm³/mol. The minimum Gasteiger partial charge on any atom is -0.409 e. The van der Waals surface area contributed by atoms with E-state index >= 15 is 0 Å². The first-order chi connectivity index (χ1) is 7.69. The van der Waals surface area contributed by atoms with Crippen molar-refractivity contribution in [3.63, 3.8) is 0 Å². The van der Waals surface area contributed by atoms with Crippen molar-refractivity contribution in [2.75, 3.05) is 6.54 Å². The second-order valence-corrected chi connectivity index (χ2v) is 4.91. The van der Waals surface area contributed by atoms with Gasteiger partial charge in [-0.15, -0.1) is 0 Å². The van der Waals surface area contributed by atoms with Gasteiger partial charge in [0.25, 0.3) is 0 Å². The average molecular weight is 225 g/mol. The Bertz CT molecular complexity index is 306. The Kier molecular flexibility index (Phi) is 3.03. The summed E-state index contributed by atoms with van der Waals surface area (Å²) in [4.78, 5) is 11.8. The number of amides is 1. The van der Waals surface area contributed by atoms with Crippen molar-refractivity contribution >= 4 is 11.7 Å². The summed E-state index contributed by atoms with van der Waals surface area (Å²) in [7, 11) is 0. The van der Waals surface area contributed by atoms with E-state index in [0.717, 1.165) is 12.3 Å². The molecule has 5 heteroatoms. The smallest absolute Gasteiger partial charge is 0.233 e. The van der Waals surface area contributed by atoms with Gasteiger partial charge in [-0.2, -0.15) is 0 Å². The number of carbonyl (C=O) groups is 1. The molecule has 0 aromatic rings. The van der Waals surface area contributed by atoms with Crippen molar-refractivity contribution in [3.05, 3.63) is 0 Å². The van der Waals surface area contributed by atoms with Crippen LogP contribution < -0.4 is 11.1 Å². The Hall–Kier alpha value is -1.26. The molecule has 0 atom stereocenters. The molecule has 2 aliphatic carbocycles. The highest BCUT2D eigenvalue weighted by Gasteiger charge is 2.54. The fourth-order valence-electron chi connectivity index (χ4n) is 2.16. The van der Waals surface area contributed by atoms with Gasteiger partial charge in [0, 0.05) is 6.54 Å². The largest absolute Gasteiger partial charge is 0.409 e. The van der Waals surface area contributed by atoms with Crippen LogP contribution in [0.15, 0.2) is 5.16 Å². The predicted octanol–water partition coefficient (Wildman–Crippen LogP) is 0.819. The van der Waals surface area contributed by atoms with Crippen LogP contribution in [0.3, 0.4) is 0 Å². The Balaban J connectivity index is 1.75. The molecule has 0 spiro atoms. The Morgan fingerprint density at radius 3 is 2.62 bits per heavy atom. The maximum absolute atomic E-state index is 11.8. The zero-order valence-corrected chi connectivity index (χ0v) is 9.41. The summed E-state index contributed by atoms with van der Waals surface area (Å²) in [6.45, 7) is 0.712. The molecule has 2 saturated carbocycles. The van der Waals surface area contributed by atoms with Crippen molar-refractivity contribution in [3.8, 4) is 0 Å². The van der Waals surface area contributed by atoms with E-state index in [1.807, 2.05) is 0 Å². The highest BCUT2D eigenvalue weighted by molar-refractivity contribution is 6.09. The van der Waals surface area contributed by atoms with Crippen molar-refractivity contribution in [2.24, 2.45) is 22.2 Å². The lowest BCUT2D eigenvalue weighted by atomic mass is 9.83. The number of amidine groups is 1. The second kappa shape index (κ2) is 4.31. The summed E-state index contributed by atoms with van der Waals surface area (Å²) in [6.07, 6.45) is 6.35. The third kappa shape index (κ3) is 1.99. The first-order valence-electron chi connectivity index (χ1n) is 5.95. The molecule has 0 aromatic heterocycles. The van der Waals surface area contributed by atoms with E-state index in [-0.39, 0.29) is 11.7 Å². The van der Waals surface area contributed by atoms with E-state index in [0.29, 0.717) is 19.4 Å². The number of rotatable bonds is 5. The van der Waals surface area contributed by atoms with Gasteiger partial charge in [-0.1, -0.05) is 24.4 Å². The molecular formula is C11H19N3O2. The van der Waals surface area contributed by atoms with Crippen LogP contribution in [0.25, 0.3) is 0 Å². The lowest BCUT2D eigenvalue weighted by Gasteiger charge is -2.25. The van der Waals surface area contributed by atoms with Gasteiger partial charge in [-0.25, -0.2) is 0 Å².